The van der Waals surface area contributed by atoms with Crippen LogP contribution in [0.15, 0.2) is 18.6 Å². The largest absolute Gasteiger partial charge is 0.334 e. The van der Waals surface area contributed by atoms with Crippen LogP contribution in [0.3, 0.4) is 0 Å². The molecular weight excluding hydrogens is 306 g/mol. The fraction of sp³-hybridized carbons (Fsp3) is 0.647. The predicted octanol–water partition coefficient (Wildman–Crippen LogP) is -0.536. The van der Waals surface area contributed by atoms with Crippen LogP contribution in [0, 0.1) is 0 Å². The zero-order valence-electron chi connectivity index (χ0n) is 14.9. The summed E-state index contributed by atoms with van der Waals surface area (Å²) in [5.41, 5.74) is 0.318. The zero-order chi connectivity index (χ0) is 17.5. The minimum atomic E-state index is -0.175. The molecule has 0 saturated carbocycles. The molecule has 0 aliphatic carbocycles. The number of carbonyl (C=O) groups is 2. The van der Waals surface area contributed by atoms with Crippen LogP contribution in [-0.2, 0) is 4.79 Å². The SMILES string of the molecule is CC[NH+]1CCN(C(=O)CCN(C(=O)c2cnccn2)C(C)C)CC1. The van der Waals surface area contributed by atoms with E-state index in [4.69, 9.17) is 0 Å². The highest BCUT2D eigenvalue weighted by Gasteiger charge is 2.25. The monoisotopic (exact) mass is 334 g/mol. The molecule has 0 unspecified atom stereocenters. The molecule has 1 saturated heterocycles. The number of quaternary nitrogens is 1. The molecule has 1 aromatic rings. The van der Waals surface area contributed by atoms with E-state index in [1.807, 2.05) is 18.7 Å². The van der Waals surface area contributed by atoms with Crippen molar-refractivity contribution in [1.29, 1.82) is 0 Å². The molecule has 0 bridgehead atoms. The Bertz CT molecular complexity index is 541. The normalized spacial score (nSPS) is 15.6. The van der Waals surface area contributed by atoms with Gasteiger partial charge >= 0.3 is 0 Å². The van der Waals surface area contributed by atoms with E-state index in [9.17, 15) is 9.59 Å². The topological polar surface area (TPSA) is 70.8 Å². The maximum atomic E-state index is 12.6. The molecule has 2 rings (SSSR count). The molecule has 7 nitrogen and oxygen atoms in total. The first-order valence-corrected chi connectivity index (χ1v) is 8.71. The highest BCUT2D eigenvalue weighted by molar-refractivity contribution is 5.92. The van der Waals surface area contributed by atoms with E-state index < -0.39 is 0 Å². The van der Waals surface area contributed by atoms with Crippen molar-refractivity contribution in [2.24, 2.45) is 0 Å². The van der Waals surface area contributed by atoms with Gasteiger partial charge in [-0.2, -0.15) is 0 Å². The van der Waals surface area contributed by atoms with Crippen molar-refractivity contribution < 1.29 is 14.5 Å². The van der Waals surface area contributed by atoms with Crippen LogP contribution >= 0.6 is 0 Å². The first-order valence-electron chi connectivity index (χ1n) is 8.71. The summed E-state index contributed by atoms with van der Waals surface area (Å²) in [5.74, 6) is -0.0473. The fourth-order valence-corrected chi connectivity index (χ4v) is 2.95. The highest BCUT2D eigenvalue weighted by Crippen LogP contribution is 2.08. The molecule has 2 heterocycles. The van der Waals surface area contributed by atoms with Gasteiger partial charge in [0.2, 0.25) is 5.91 Å². The summed E-state index contributed by atoms with van der Waals surface area (Å²) in [7, 11) is 0. The van der Waals surface area contributed by atoms with E-state index in [-0.39, 0.29) is 17.9 Å². The van der Waals surface area contributed by atoms with Gasteiger partial charge in [-0.3, -0.25) is 14.6 Å². The lowest BCUT2D eigenvalue weighted by Gasteiger charge is -2.32. The van der Waals surface area contributed by atoms with Crippen molar-refractivity contribution >= 4 is 11.8 Å². The molecule has 0 radical (unpaired) electrons. The Morgan fingerprint density at radius 1 is 1.29 bits per heavy atom. The Balaban J connectivity index is 1.90. The summed E-state index contributed by atoms with van der Waals surface area (Å²) < 4.78 is 0. The second-order valence-corrected chi connectivity index (χ2v) is 6.42. The predicted molar refractivity (Wildman–Crippen MR) is 90.6 cm³/mol. The van der Waals surface area contributed by atoms with Crippen molar-refractivity contribution in [1.82, 2.24) is 19.8 Å². The average Bonchev–Trinajstić information content (AvgIpc) is 2.62. The summed E-state index contributed by atoms with van der Waals surface area (Å²) in [4.78, 5) is 38.1. The van der Waals surface area contributed by atoms with E-state index in [0.717, 1.165) is 32.7 Å². The summed E-state index contributed by atoms with van der Waals surface area (Å²) in [6.07, 6.45) is 4.86. The molecule has 0 aromatic carbocycles. The van der Waals surface area contributed by atoms with Gasteiger partial charge in [-0.1, -0.05) is 0 Å². The molecule has 132 valence electrons. The lowest BCUT2D eigenvalue weighted by molar-refractivity contribution is -0.902. The first kappa shape index (κ1) is 18.3. The van der Waals surface area contributed by atoms with E-state index in [2.05, 4.69) is 16.9 Å². The molecule has 7 heteroatoms. The minimum Gasteiger partial charge on any atom is -0.334 e. The van der Waals surface area contributed by atoms with Gasteiger partial charge in [-0.25, -0.2) is 4.98 Å². The van der Waals surface area contributed by atoms with E-state index in [1.165, 1.54) is 18.6 Å². The van der Waals surface area contributed by atoms with Crippen LogP contribution < -0.4 is 4.90 Å². The van der Waals surface area contributed by atoms with Crippen LogP contribution in [0.1, 0.15) is 37.7 Å². The van der Waals surface area contributed by atoms with Crippen molar-refractivity contribution in [3.63, 3.8) is 0 Å². The van der Waals surface area contributed by atoms with Crippen LogP contribution in [0.25, 0.3) is 0 Å². The van der Waals surface area contributed by atoms with E-state index >= 15 is 0 Å². The third kappa shape index (κ3) is 4.74. The fourth-order valence-electron chi connectivity index (χ4n) is 2.95. The van der Waals surface area contributed by atoms with Crippen LogP contribution in [-0.4, -0.2) is 76.9 Å². The Hall–Kier alpha value is -2.02. The number of hydrogen-bond acceptors (Lipinski definition) is 4. The average molecular weight is 334 g/mol. The summed E-state index contributed by atoms with van der Waals surface area (Å²) in [6.45, 7) is 11.2. The van der Waals surface area contributed by atoms with Gasteiger partial charge < -0.3 is 14.7 Å². The number of carbonyl (C=O) groups excluding carboxylic acids is 2. The number of aromatic nitrogens is 2. The van der Waals surface area contributed by atoms with Gasteiger partial charge in [-0.15, -0.1) is 0 Å². The maximum Gasteiger partial charge on any atom is 0.274 e. The summed E-state index contributed by atoms with van der Waals surface area (Å²) in [5, 5.41) is 0. The number of hydrogen-bond donors (Lipinski definition) is 1. The number of amides is 2. The second kappa shape index (κ2) is 8.73. The van der Waals surface area contributed by atoms with Gasteiger partial charge in [0.15, 0.2) is 0 Å². The van der Waals surface area contributed by atoms with Gasteiger partial charge in [0, 0.05) is 31.4 Å². The number of rotatable bonds is 6. The maximum absolute atomic E-state index is 12.6. The number of piperazine rings is 1. The van der Waals surface area contributed by atoms with Gasteiger partial charge in [0.25, 0.3) is 5.91 Å². The molecule has 1 N–H and O–H groups in total. The molecule has 0 atom stereocenters. The Morgan fingerprint density at radius 2 is 2.00 bits per heavy atom. The molecule has 1 aliphatic rings. The van der Waals surface area contributed by atoms with Gasteiger partial charge in [0.05, 0.1) is 38.9 Å². The third-order valence-corrected chi connectivity index (χ3v) is 4.56. The molecule has 1 aliphatic heterocycles. The smallest absolute Gasteiger partial charge is 0.274 e. The summed E-state index contributed by atoms with van der Waals surface area (Å²) >= 11 is 0. The Labute approximate surface area is 143 Å². The Morgan fingerprint density at radius 3 is 2.54 bits per heavy atom. The lowest BCUT2D eigenvalue weighted by Crippen LogP contribution is -3.14. The van der Waals surface area contributed by atoms with Gasteiger partial charge in [-0.05, 0) is 20.8 Å². The Kier molecular flexibility index (Phi) is 6.66. The second-order valence-electron chi connectivity index (χ2n) is 6.42. The van der Waals surface area contributed by atoms with Gasteiger partial charge in [0.1, 0.15) is 5.69 Å². The van der Waals surface area contributed by atoms with Crippen molar-refractivity contribution in [3.05, 3.63) is 24.3 Å². The molecule has 24 heavy (non-hydrogen) atoms. The van der Waals surface area contributed by atoms with Crippen molar-refractivity contribution in [2.75, 3.05) is 39.3 Å². The van der Waals surface area contributed by atoms with Crippen molar-refractivity contribution in [2.45, 2.75) is 33.2 Å². The van der Waals surface area contributed by atoms with Crippen LogP contribution in [0.5, 0.6) is 0 Å². The van der Waals surface area contributed by atoms with Crippen LogP contribution in [0.4, 0.5) is 0 Å². The minimum absolute atomic E-state index is 0.00805. The highest BCUT2D eigenvalue weighted by atomic mass is 16.2. The zero-order valence-corrected chi connectivity index (χ0v) is 14.9. The molecule has 0 spiro atoms. The quantitative estimate of drug-likeness (QED) is 0.759. The van der Waals surface area contributed by atoms with Crippen LogP contribution in [0.2, 0.25) is 0 Å². The molecular formula is C17H28N5O2+. The first-order chi connectivity index (χ1) is 11.5. The van der Waals surface area contributed by atoms with E-state index in [0.29, 0.717) is 18.7 Å². The number of nitrogens with one attached hydrogen (secondary N) is 1. The lowest BCUT2D eigenvalue weighted by atomic mass is 10.2. The molecule has 2 amide bonds. The standard InChI is InChI=1S/C17H27N5O2/c1-4-20-9-11-21(12-10-20)16(23)5-8-22(14(2)3)17(24)15-13-18-6-7-19-15/h6-7,13-14H,4-5,8-12H2,1-3H3/p+1. The number of nitrogens with zero attached hydrogens (tertiary/aromatic N) is 4. The third-order valence-electron chi connectivity index (χ3n) is 4.56. The summed E-state index contributed by atoms with van der Waals surface area (Å²) in [6, 6.07) is 0.00805. The molecule has 1 aromatic heterocycles. The van der Waals surface area contributed by atoms with E-state index in [1.54, 1.807) is 9.80 Å². The van der Waals surface area contributed by atoms with Crippen molar-refractivity contribution in [3.8, 4) is 0 Å². The molecule has 1 fully saturated rings. The number of likely N-dealkylation sites (N-methyl/N-ethyl adjacent to an activating group) is 1.